The van der Waals surface area contributed by atoms with Crippen molar-refractivity contribution < 1.29 is 9.53 Å². The average molecular weight is 456 g/mol. The second-order valence-corrected chi connectivity index (χ2v) is 9.69. The summed E-state index contributed by atoms with van der Waals surface area (Å²) in [6, 6.07) is 25.0. The number of ether oxygens (including phenoxy) is 1. The van der Waals surface area contributed by atoms with Gasteiger partial charge < -0.3 is 10.1 Å². The lowest BCUT2D eigenvalue weighted by atomic mass is 9.71. The monoisotopic (exact) mass is 455 g/mol. The minimum Gasteiger partial charge on any atom is -0.370 e. The molecule has 2 aliphatic rings. The number of carbonyl (C=O) groups is 1. The van der Waals surface area contributed by atoms with Gasteiger partial charge in [-0.2, -0.15) is 0 Å². The van der Waals surface area contributed by atoms with Crippen molar-refractivity contribution in [2.45, 2.75) is 57.4 Å². The van der Waals surface area contributed by atoms with Crippen molar-refractivity contribution >= 4 is 5.91 Å². The maximum absolute atomic E-state index is 12.2. The number of fused-ring (bicyclic) bond motifs is 2. The molecule has 1 N–H and O–H groups in total. The van der Waals surface area contributed by atoms with Crippen LogP contribution in [-0.2, 0) is 28.1 Å². The number of aromatic nitrogens is 1. The molecular weight excluding hydrogens is 422 g/mol. The van der Waals surface area contributed by atoms with Crippen LogP contribution >= 0.6 is 0 Å². The Kier molecular flexibility index (Phi) is 6.48. The first-order valence-electron chi connectivity index (χ1n) is 12.2. The van der Waals surface area contributed by atoms with Crippen LogP contribution in [0.15, 0.2) is 72.8 Å². The summed E-state index contributed by atoms with van der Waals surface area (Å²) in [6.07, 6.45) is 1.88. The van der Waals surface area contributed by atoms with Gasteiger partial charge in [0, 0.05) is 24.6 Å². The molecule has 1 saturated heterocycles. The van der Waals surface area contributed by atoms with Crippen LogP contribution in [-0.4, -0.2) is 35.0 Å². The van der Waals surface area contributed by atoms with E-state index in [2.05, 4.69) is 58.7 Å². The van der Waals surface area contributed by atoms with Gasteiger partial charge in [-0.15, -0.1) is 0 Å². The third kappa shape index (κ3) is 4.50. The van der Waals surface area contributed by atoms with Crippen LogP contribution in [0.25, 0.3) is 0 Å². The van der Waals surface area contributed by atoms with Gasteiger partial charge in [0.05, 0.1) is 24.4 Å². The fourth-order valence-corrected chi connectivity index (χ4v) is 5.83. The zero-order valence-electron chi connectivity index (χ0n) is 20.0. The van der Waals surface area contributed by atoms with E-state index in [0.29, 0.717) is 6.61 Å². The van der Waals surface area contributed by atoms with E-state index >= 15 is 0 Å². The highest BCUT2D eigenvalue weighted by molar-refractivity contribution is 5.74. The number of carbonyl (C=O) groups excluding carboxylic acids is 1. The quantitative estimate of drug-likeness (QED) is 0.585. The molecule has 1 amide bonds. The predicted molar refractivity (Wildman–Crippen MR) is 133 cm³/mol. The van der Waals surface area contributed by atoms with Gasteiger partial charge in [0.15, 0.2) is 0 Å². The molecule has 0 radical (unpaired) electrons. The van der Waals surface area contributed by atoms with Crippen LogP contribution in [0.3, 0.4) is 0 Å². The molecular formula is C29H33N3O2. The molecule has 1 aliphatic carbocycles. The normalized spacial score (nSPS) is 21.4. The van der Waals surface area contributed by atoms with Gasteiger partial charge in [-0.1, -0.05) is 60.7 Å². The Balaban J connectivity index is 1.41. The summed E-state index contributed by atoms with van der Waals surface area (Å²) in [5.41, 5.74) is 5.75. The molecule has 1 aromatic heterocycles. The van der Waals surface area contributed by atoms with E-state index < -0.39 is 0 Å². The average Bonchev–Trinajstić information content (AvgIpc) is 3.08. The fraction of sp³-hybridized carbons (Fsp3) is 0.379. The van der Waals surface area contributed by atoms with E-state index in [-0.39, 0.29) is 23.5 Å². The summed E-state index contributed by atoms with van der Waals surface area (Å²) >= 11 is 0. The molecule has 5 heteroatoms. The van der Waals surface area contributed by atoms with Crippen molar-refractivity contribution in [2.75, 3.05) is 13.1 Å². The van der Waals surface area contributed by atoms with Crippen molar-refractivity contribution in [3.05, 3.63) is 101 Å². The van der Waals surface area contributed by atoms with Gasteiger partial charge in [-0.3, -0.25) is 14.7 Å². The highest BCUT2D eigenvalue weighted by Gasteiger charge is 2.54. The van der Waals surface area contributed by atoms with Crippen molar-refractivity contribution in [3.8, 4) is 0 Å². The number of hydrogen-bond donors (Lipinski definition) is 1. The van der Waals surface area contributed by atoms with Crippen LogP contribution < -0.4 is 5.32 Å². The lowest BCUT2D eigenvalue weighted by Gasteiger charge is -2.44. The lowest BCUT2D eigenvalue weighted by molar-refractivity contribution is -0.122. The Bertz CT molecular complexity index is 1140. The number of rotatable bonds is 6. The Hall–Kier alpha value is -3.02. The third-order valence-electron chi connectivity index (χ3n) is 7.39. The Morgan fingerprint density at radius 2 is 1.76 bits per heavy atom. The van der Waals surface area contributed by atoms with Gasteiger partial charge in [-0.05, 0) is 61.7 Å². The predicted octanol–water partition coefficient (Wildman–Crippen LogP) is 4.70. The molecule has 0 unspecified atom stereocenters. The van der Waals surface area contributed by atoms with Gasteiger partial charge in [-0.25, -0.2) is 0 Å². The first-order chi connectivity index (χ1) is 16.5. The SMILES string of the molecule is CC(=O)N[C@@H]1c2ccccc2C2(CCN(Cc3cccc(C)n3)CC2)[C@H]1OCc1ccccc1. The molecule has 176 valence electrons. The van der Waals surface area contributed by atoms with Crippen LogP contribution in [0.4, 0.5) is 0 Å². The van der Waals surface area contributed by atoms with E-state index in [9.17, 15) is 4.79 Å². The first kappa shape index (κ1) is 22.8. The lowest BCUT2D eigenvalue weighted by Crippen LogP contribution is -2.50. The van der Waals surface area contributed by atoms with E-state index in [1.807, 2.05) is 31.2 Å². The minimum atomic E-state index is -0.137. The van der Waals surface area contributed by atoms with Crippen molar-refractivity contribution in [1.29, 1.82) is 0 Å². The second-order valence-electron chi connectivity index (χ2n) is 9.69. The van der Waals surface area contributed by atoms with Crippen LogP contribution in [0.5, 0.6) is 0 Å². The summed E-state index contributed by atoms with van der Waals surface area (Å²) in [6.45, 7) is 6.99. The van der Waals surface area contributed by atoms with E-state index in [0.717, 1.165) is 49.4 Å². The minimum absolute atomic E-state index is 0.0203. The van der Waals surface area contributed by atoms with Crippen molar-refractivity contribution in [3.63, 3.8) is 0 Å². The maximum atomic E-state index is 12.2. The highest BCUT2D eigenvalue weighted by atomic mass is 16.5. The molecule has 0 bridgehead atoms. The van der Waals surface area contributed by atoms with Gasteiger partial charge in [0.1, 0.15) is 0 Å². The van der Waals surface area contributed by atoms with E-state index in [4.69, 9.17) is 9.72 Å². The summed E-state index contributed by atoms with van der Waals surface area (Å²) in [7, 11) is 0. The molecule has 1 spiro atoms. The standard InChI is InChI=1S/C29H33N3O2/c1-21-9-8-12-24(30-21)19-32-17-15-29(16-18-32)26-14-7-6-13-25(26)27(31-22(2)33)28(29)34-20-23-10-4-3-5-11-23/h3-14,27-28H,15-20H2,1-2H3,(H,31,33)/t27-,28+/m1/s1. The molecule has 5 rings (SSSR count). The van der Waals surface area contributed by atoms with Gasteiger partial charge in [0.2, 0.25) is 5.91 Å². The molecule has 5 nitrogen and oxygen atoms in total. The summed E-state index contributed by atoms with van der Waals surface area (Å²) < 4.78 is 6.70. The van der Waals surface area contributed by atoms with Crippen LogP contribution in [0.2, 0.25) is 0 Å². The van der Waals surface area contributed by atoms with Crippen molar-refractivity contribution in [1.82, 2.24) is 15.2 Å². The zero-order chi connectivity index (χ0) is 23.5. The van der Waals surface area contributed by atoms with E-state index in [1.54, 1.807) is 6.92 Å². The molecule has 3 aromatic rings. The molecule has 2 atom stereocenters. The summed E-state index contributed by atoms with van der Waals surface area (Å²) in [4.78, 5) is 19.4. The number of piperidine rings is 1. The Morgan fingerprint density at radius 1 is 1.03 bits per heavy atom. The first-order valence-corrected chi connectivity index (χ1v) is 12.2. The number of hydrogen-bond acceptors (Lipinski definition) is 4. The van der Waals surface area contributed by atoms with Crippen molar-refractivity contribution in [2.24, 2.45) is 0 Å². The fourth-order valence-electron chi connectivity index (χ4n) is 5.83. The molecule has 2 aromatic carbocycles. The molecule has 1 fully saturated rings. The number of aryl methyl sites for hydroxylation is 1. The number of amides is 1. The Morgan fingerprint density at radius 3 is 2.50 bits per heavy atom. The molecule has 34 heavy (non-hydrogen) atoms. The number of nitrogens with one attached hydrogen (secondary N) is 1. The van der Waals surface area contributed by atoms with Gasteiger partial charge >= 0.3 is 0 Å². The molecule has 2 heterocycles. The topological polar surface area (TPSA) is 54.5 Å². The van der Waals surface area contributed by atoms with Gasteiger partial charge in [0.25, 0.3) is 0 Å². The zero-order valence-corrected chi connectivity index (χ0v) is 20.0. The molecule has 1 aliphatic heterocycles. The maximum Gasteiger partial charge on any atom is 0.217 e. The summed E-state index contributed by atoms with van der Waals surface area (Å²) in [5.74, 6) is -0.0203. The smallest absolute Gasteiger partial charge is 0.217 e. The Labute approximate surface area is 202 Å². The number of likely N-dealkylation sites (tertiary alicyclic amines) is 1. The van der Waals surface area contributed by atoms with Crippen LogP contribution in [0.1, 0.15) is 53.9 Å². The summed E-state index contributed by atoms with van der Waals surface area (Å²) in [5, 5.41) is 3.23. The highest BCUT2D eigenvalue weighted by Crippen LogP contribution is 2.52. The van der Waals surface area contributed by atoms with E-state index in [1.165, 1.54) is 11.1 Å². The largest absolute Gasteiger partial charge is 0.370 e. The third-order valence-corrected chi connectivity index (χ3v) is 7.39. The number of benzene rings is 2. The molecule has 0 saturated carbocycles. The number of pyridine rings is 1. The van der Waals surface area contributed by atoms with Crippen LogP contribution in [0, 0.1) is 6.92 Å². The number of nitrogens with zero attached hydrogens (tertiary/aromatic N) is 2. The second kappa shape index (κ2) is 9.69.